The fraction of sp³-hybridized carbons (Fsp3) is 0.615. The third-order valence-corrected chi connectivity index (χ3v) is 2.77. The van der Waals surface area contributed by atoms with Crippen molar-refractivity contribution in [2.24, 2.45) is 5.92 Å². The molecule has 1 aromatic heterocycles. The number of ether oxygens (including phenoxy) is 1. The lowest BCUT2D eigenvalue weighted by molar-refractivity contribution is 0.125. The molecule has 0 aliphatic rings. The van der Waals surface area contributed by atoms with E-state index in [0.717, 1.165) is 38.3 Å². The van der Waals surface area contributed by atoms with Gasteiger partial charge in [-0.1, -0.05) is 25.4 Å². The SMILES string of the molecule is CC(C)CCOCCNCc1ccncc1Cl. The van der Waals surface area contributed by atoms with Crippen LogP contribution in [0.25, 0.3) is 0 Å². The smallest absolute Gasteiger partial charge is 0.0634 e. The number of rotatable bonds is 8. The highest BCUT2D eigenvalue weighted by Crippen LogP contribution is 2.12. The Morgan fingerprint density at radius 1 is 1.41 bits per heavy atom. The molecule has 1 rings (SSSR count). The van der Waals surface area contributed by atoms with Crippen LogP contribution in [0.1, 0.15) is 25.8 Å². The summed E-state index contributed by atoms with van der Waals surface area (Å²) in [5, 5.41) is 4.00. The number of aromatic nitrogens is 1. The molecule has 0 saturated heterocycles. The molecule has 0 aliphatic heterocycles. The quantitative estimate of drug-likeness (QED) is 0.727. The van der Waals surface area contributed by atoms with E-state index in [1.807, 2.05) is 6.07 Å². The van der Waals surface area contributed by atoms with Gasteiger partial charge in [-0.05, 0) is 24.0 Å². The first-order valence-electron chi connectivity index (χ1n) is 6.07. The molecule has 0 fully saturated rings. The van der Waals surface area contributed by atoms with Crippen molar-refractivity contribution in [2.75, 3.05) is 19.8 Å². The van der Waals surface area contributed by atoms with Gasteiger partial charge < -0.3 is 10.1 Å². The van der Waals surface area contributed by atoms with E-state index >= 15 is 0 Å². The Morgan fingerprint density at radius 2 is 2.24 bits per heavy atom. The van der Waals surface area contributed by atoms with Gasteiger partial charge in [-0.3, -0.25) is 4.98 Å². The van der Waals surface area contributed by atoms with E-state index in [1.165, 1.54) is 0 Å². The van der Waals surface area contributed by atoms with Gasteiger partial charge in [-0.25, -0.2) is 0 Å². The summed E-state index contributed by atoms with van der Waals surface area (Å²) >= 11 is 5.99. The summed E-state index contributed by atoms with van der Waals surface area (Å²) in [6, 6.07) is 1.93. The average Bonchev–Trinajstić information content (AvgIpc) is 2.30. The van der Waals surface area contributed by atoms with Gasteiger partial charge in [0.05, 0.1) is 11.6 Å². The monoisotopic (exact) mass is 256 g/mol. The van der Waals surface area contributed by atoms with Crippen molar-refractivity contribution < 1.29 is 4.74 Å². The molecular formula is C13H21ClN2O. The van der Waals surface area contributed by atoms with E-state index in [1.54, 1.807) is 12.4 Å². The standard InChI is InChI=1S/C13H21ClN2O/c1-11(2)4-7-17-8-6-16-9-12-3-5-15-10-13(12)14/h3,5,10-11,16H,4,6-9H2,1-2H3. The zero-order valence-electron chi connectivity index (χ0n) is 10.6. The van der Waals surface area contributed by atoms with Gasteiger partial charge in [0.1, 0.15) is 0 Å². The van der Waals surface area contributed by atoms with Crippen LogP contribution in [-0.4, -0.2) is 24.7 Å². The van der Waals surface area contributed by atoms with Gasteiger partial charge >= 0.3 is 0 Å². The maximum absolute atomic E-state index is 5.99. The van der Waals surface area contributed by atoms with Crippen LogP contribution in [0, 0.1) is 5.92 Å². The fourth-order valence-corrected chi connectivity index (χ4v) is 1.52. The van der Waals surface area contributed by atoms with Crippen LogP contribution in [0.2, 0.25) is 5.02 Å². The second-order valence-electron chi connectivity index (χ2n) is 4.44. The van der Waals surface area contributed by atoms with Crippen LogP contribution < -0.4 is 5.32 Å². The second kappa shape index (κ2) is 8.45. The van der Waals surface area contributed by atoms with Crippen molar-refractivity contribution in [3.05, 3.63) is 29.0 Å². The third-order valence-electron chi connectivity index (χ3n) is 2.43. The van der Waals surface area contributed by atoms with E-state index in [0.29, 0.717) is 10.9 Å². The zero-order chi connectivity index (χ0) is 12.5. The van der Waals surface area contributed by atoms with Gasteiger partial charge in [-0.2, -0.15) is 0 Å². The molecule has 0 bridgehead atoms. The van der Waals surface area contributed by atoms with Crippen LogP contribution in [0.3, 0.4) is 0 Å². The Bertz CT molecular complexity index is 318. The van der Waals surface area contributed by atoms with Gasteiger partial charge in [0.15, 0.2) is 0 Å². The summed E-state index contributed by atoms with van der Waals surface area (Å²) in [6.07, 6.45) is 4.54. The first kappa shape index (κ1) is 14.4. The second-order valence-corrected chi connectivity index (χ2v) is 4.85. The van der Waals surface area contributed by atoms with Crippen LogP contribution >= 0.6 is 11.6 Å². The topological polar surface area (TPSA) is 34.1 Å². The molecule has 1 N–H and O–H groups in total. The minimum Gasteiger partial charge on any atom is -0.380 e. The molecule has 4 heteroatoms. The molecule has 96 valence electrons. The number of halogens is 1. The van der Waals surface area contributed by atoms with E-state index in [9.17, 15) is 0 Å². The van der Waals surface area contributed by atoms with Crippen LogP contribution in [0.15, 0.2) is 18.5 Å². The number of nitrogens with one attached hydrogen (secondary N) is 1. The van der Waals surface area contributed by atoms with Crippen LogP contribution in [-0.2, 0) is 11.3 Å². The Labute approximate surface area is 109 Å². The first-order chi connectivity index (χ1) is 8.20. The van der Waals surface area contributed by atoms with Crippen molar-refractivity contribution in [3.63, 3.8) is 0 Å². The first-order valence-corrected chi connectivity index (χ1v) is 6.44. The molecule has 0 saturated carbocycles. The van der Waals surface area contributed by atoms with Crippen molar-refractivity contribution in [2.45, 2.75) is 26.8 Å². The highest BCUT2D eigenvalue weighted by atomic mass is 35.5. The molecule has 3 nitrogen and oxygen atoms in total. The number of nitrogens with zero attached hydrogens (tertiary/aromatic N) is 1. The Morgan fingerprint density at radius 3 is 2.94 bits per heavy atom. The summed E-state index contributed by atoms with van der Waals surface area (Å²) in [7, 11) is 0. The maximum Gasteiger partial charge on any atom is 0.0634 e. The summed E-state index contributed by atoms with van der Waals surface area (Å²) in [5.74, 6) is 0.707. The molecule has 0 aromatic carbocycles. The predicted molar refractivity (Wildman–Crippen MR) is 71.2 cm³/mol. The maximum atomic E-state index is 5.99. The Kier molecular flexibility index (Phi) is 7.17. The molecule has 17 heavy (non-hydrogen) atoms. The third kappa shape index (κ3) is 6.61. The van der Waals surface area contributed by atoms with E-state index in [4.69, 9.17) is 16.3 Å². The number of pyridine rings is 1. The average molecular weight is 257 g/mol. The number of hydrogen-bond acceptors (Lipinski definition) is 3. The number of hydrogen-bond donors (Lipinski definition) is 1. The molecule has 0 aliphatic carbocycles. The fourth-order valence-electron chi connectivity index (χ4n) is 1.34. The highest BCUT2D eigenvalue weighted by molar-refractivity contribution is 6.31. The van der Waals surface area contributed by atoms with Gasteiger partial charge in [0, 0.05) is 32.1 Å². The lowest BCUT2D eigenvalue weighted by Gasteiger charge is -2.08. The molecule has 0 radical (unpaired) electrons. The van der Waals surface area contributed by atoms with Crippen molar-refractivity contribution in [1.82, 2.24) is 10.3 Å². The van der Waals surface area contributed by atoms with E-state index in [-0.39, 0.29) is 0 Å². The molecule has 1 heterocycles. The van der Waals surface area contributed by atoms with Crippen molar-refractivity contribution >= 4 is 11.6 Å². The van der Waals surface area contributed by atoms with Gasteiger partial charge in [0.25, 0.3) is 0 Å². The summed E-state index contributed by atoms with van der Waals surface area (Å²) in [4.78, 5) is 3.95. The minimum absolute atomic E-state index is 0.707. The molecule has 1 aromatic rings. The highest BCUT2D eigenvalue weighted by Gasteiger charge is 1.98. The molecule has 0 spiro atoms. The molecule has 0 atom stereocenters. The van der Waals surface area contributed by atoms with Crippen molar-refractivity contribution in [1.29, 1.82) is 0 Å². The van der Waals surface area contributed by atoms with Gasteiger partial charge in [0.2, 0.25) is 0 Å². The largest absolute Gasteiger partial charge is 0.380 e. The summed E-state index contributed by atoms with van der Waals surface area (Å²) in [6.45, 7) is 7.59. The van der Waals surface area contributed by atoms with Gasteiger partial charge in [-0.15, -0.1) is 0 Å². The Balaban J connectivity index is 2.03. The zero-order valence-corrected chi connectivity index (χ0v) is 11.3. The predicted octanol–water partition coefficient (Wildman–Crippen LogP) is 2.89. The summed E-state index contributed by atoms with van der Waals surface area (Å²) in [5.41, 5.74) is 1.07. The lowest BCUT2D eigenvalue weighted by atomic mass is 10.1. The van der Waals surface area contributed by atoms with E-state index in [2.05, 4.69) is 24.1 Å². The summed E-state index contributed by atoms with van der Waals surface area (Å²) < 4.78 is 5.50. The molecule has 0 amide bonds. The van der Waals surface area contributed by atoms with E-state index < -0.39 is 0 Å². The van der Waals surface area contributed by atoms with Crippen LogP contribution in [0.4, 0.5) is 0 Å². The molecule has 0 unspecified atom stereocenters. The van der Waals surface area contributed by atoms with Crippen LogP contribution in [0.5, 0.6) is 0 Å². The lowest BCUT2D eigenvalue weighted by Crippen LogP contribution is -2.20. The normalized spacial score (nSPS) is 11.1. The molecular weight excluding hydrogens is 236 g/mol. The Hall–Kier alpha value is -0.640. The minimum atomic E-state index is 0.707. The van der Waals surface area contributed by atoms with Crippen molar-refractivity contribution in [3.8, 4) is 0 Å².